The molecule has 1 rings (SSSR count). The molecule has 20 heavy (non-hydrogen) atoms. The molecule has 1 saturated carbocycles. The Morgan fingerprint density at radius 1 is 1.30 bits per heavy atom. The molecule has 0 radical (unpaired) electrons. The van der Waals surface area contributed by atoms with Crippen LogP contribution >= 0.6 is 0 Å². The second-order valence-corrected chi connectivity index (χ2v) is 5.66. The third-order valence-corrected chi connectivity index (χ3v) is 3.99. The Morgan fingerprint density at radius 3 is 2.60 bits per heavy atom. The Kier molecular flexibility index (Phi) is 7.19. The van der Waals surface area contributed by atoms with Gasteiger partial charge in [-0.1, -0.05) is 38.3 Å². The normalized spacial score (nSPS) is 31.8. The summed E-state index contributed by atoms with van der Waals surface area (Å²) in [5.74, 6) is -1.87. The van der Waals surface area contributed by atoms with Crippen molar-refractivity contribution in [2.24, 2.45) is 11.8 Å². The third kappa shape index (κ3) is 5.23. The van der Waals surface area contributed by atoms with Crippen molar-refractivity contribution in [3.63, 3.8) is 0 Å². The second-order valence-electron chi connectivity index (χ2n) is 5.66. The molecule has 0 amide bonds. The SMILES string of the molecule is CCCCC[C@H](O)/C=C/[C@H]1[C@@H](CC(=O)O)[C@@H](O)C[C@H]1O. The van der Waals surface area contributed by atoms with E-state index >= 15 is 0 Å². The first-order valence-electron chi connectivity index (χ1n) is 7.40. The van der Waals surface area contributed by atoms with Crippen molar-refractivity contribution in [2.45, 2.75) is 63.8 Å². The molecule has 0 spiro atoms. The van der Waals surface area contributed by atoms with Crippen LogP contribution in [-0.2, 0) is 4.79 Å². The number of aliphatic hydroxyl groups is 3. The number of carboxylic acids is 1. The van der Waals surface area contributed by atoms with Gasteiger partial charge in [-0.15, -0.1) is 0 Å². The lowest BCUT2D eigenvalue weighted by Crippen LogP contribution is -2.23. The lowest BCUT2D eigenvalue weighted by atomic mass is 9.90. The van der Waals surface area contributed by atoms with Crippen LogP contribution in [0.15, 0.2) is 12.2 Å². The van der Waals surface area contributed by atoms with E-state index in [2.05, 4.69) is 6.92 Å². The lowest BCUT2D eigenvalue weighted by molar-refractivity contribution is -0.139. The van der Waals surface area contributed by atoms with E-state index in [9.17, 15) is 20.1 Å². The zero-order valence-electron chi connectivity index (χ0n) is 12.0. The molecular weight excluding hydrogens is 260 g/mol. The Labute approximate surface area is 119 Å². The van der Waals surface area contributed by atoms with E-state index in [1.54, 1.807) is 12.2 Å². The summed E-state index contributed by atoms with van der Waals surface area (Å²) >= 11 is 0. The monoisotopic (exact) mass is 286 g/mol. The number of hydrogen-bond donors (Lipinski definition) is 4. The van der Waals surface area contributed by atoms with Gasteiger partial charge in [-0.2, -0.15) is 0 Å². The Balaban J connectivity index is 2.55. The minimum Gasteiger partial charge on any atom is -0.481 e. The third-order valence-electron chi connectivity index (χ3n) is 3.99. The van der Waals surface area contributed by atoms with Crippen molar-refractivity contribution in [1.29, 1.82) is 0 Å². The van der Waals surface area contributed by atoms with Gasteiger partial charge in [0.25, 0.3) is 0 Å². The Hall–Kier alpha value is -0.910. The highest BCUT2D eigenvalue weighted by atomic mass is 16.4. The Morgan fingerprint density at radius 2 is 2.00 bits per heavy atom. The van der Waals surface area contributed by atoms with E-state index < -0.39 is 36.1 Å². The predicted octanol–water partition coefficient (Wildman–Crippen LogP) is 1.32. The van der Waals surface area contributed by atoms with Gasteiger partial charge in [-0.3, -0.25) is 4.79 Å². The molecule has 0 aliphatic heterocycles. The van der Waals surface area contributed by atoms with Crippen LogP contribution in [0.25, 0.3) is 0 Å². The van der Waals surface area contributed by atoms with Crippen LogP contribution in [0.5, 0.6) is 0 Å². The first kappa shape index (κ1) is 17.1. The average molecular weight is 286 g/mol. The van der Waals surface area contributed by atoms with Crippen molar-refractivity contribution < 1.29 is 25.2 Å². The summed E-state index contributed by atoms with van der Waals surface area (Å²) in [6, 6.07) is 0. The van der Waals surface area contributed by atoms with Crippen molar-refractivity contribution in [1.82, 2.24) is 0 Å². The largest absolute Gasteiger partial charge is 0.481 e. The first-order chi connectivity index (χ1) is 9.45. The standard InChI is InChI=1S/C15H26O5/c1-2-3-4-5-10(16)6-7-11-12(8-15(19)20)14(18)9-13(11)17/h6-7,10-14,16-18H,2-5,8-9H2,1H3,(H,19,20)/b7-6+/t10-,11-,12+,13+,14-/m0/s1. The van der Waals surface area contributed by atoms with Crippen molar-refractivity contribution in [3.8, 4) is 0 Å². The van der Waals surface area contributed by atoms with E-state index in [0.717, 1.165) is 19.3 Å². The maximum absolute atomic E-state index is 10.8. The summed E-state index contributed by atoms with van der Waals surface area (Å²) in [5.41, 5.74) is 0. The molecule has 0 aromatic heterocycles. The number of hydrogen-bond acceptors (Lipinski definition) is 4. The van der Waals surface area contributed by atoms with Crippen LogP contribution in [0.3, 0.4) is 0 Å². The minimum atomic E-state index is -0.981. The maximum atomic E-state index is 10.8. The zero-order chi connectivity index (χ0) is 15.1. The Bertz CT molecular complexity index is 328. The molecule has 0 aromatic rings. The van der Waals surface area contributed by atoms with E-state index in [1.807, 2.05) is 0 Å². The van der Waals surface area contributed by atoms with E-state index in [4.69, 9.17) is 5.11 Å². The average Bonchev–Trinajstić information content (AvgIpc) is 2.62. The maximum Gasteiger partial charge on any atom is 0.303 e. The molecule has 0 saturated heterocycles. The quantitative estimate of drug-likeness (QED) is 0.398. The van der Waals surface area contributed by atoms with Gasteiger partial charge in [-0.25, -0.2) is 0 Å². The summed E-state index contributed by atoms with van der Waals surface area (Å²) in [4.78, 5) is 10.8. The van der Waals surface area contributed by atoms with Crippen LogP contribution in [-0.4, -0.2) is 44.7 Å². The number of carbonyl (C=O) groups is 1. The van der Waals surface area contributed by atoms with Crippen LogP contribution in [0.1, 0.15) is 45.4 Å². The zero-order valence-corrected chi connectivity index (χ0v) is 12.0. The summed E-state index contributed by atoms with van der Waals surface area (Å²) < 4.78 is 0. The van der Waals surface area contributed by atoms with E-state index in [-0.39, 0.29) is 12.8 Å². The molecule has 1 fully saturated rings. The second kappa shape index (κ2) is 8.39. The molecule has 5 heteroatoms. The van der Waals surface area contributed by atoms with Gasteiger partial charge in [0.15, 0.2) is 0 Å². The fourth-order valence-corrected chi connectivity index (χ4v) is 2.82. The van der Waals surface area contributed by atoms with Crippen molar-refractivity contribution in [2.75, 3.05) is 0 Å². The molecular formula is C15H26O5. The van der Waals surface area contributed by atoms with Gasteiger partial charge in [0.1, 0.15) is 0 Å². The lowest BCUT2D eigenvalue weighted by Gasteiger charge is -2.19. The van der Waals surface area contributed by atoms with Gasteiger partial charge in [-0.05, 0) is 6.42 Å². The fraction of sp³-hybridized carbons (Fsp3) is 0.800. The summed E-state index contributed by atoms with van der Waals surface area (Å²) in [6.07, 6.45) is 4.97. The van der Waals surface area contributed by atoms with E-state index in [1.165, 1.54) is 0 Å². The number of carboxylic acid groups (broad SMARTS) is 1. The van der Waals surface area contributed by atoms with Crippen LogP contribution in [0.2, 0.25) is 0 Å². The minimum absolute atomic E-state index is 0.167. The fourth-order valence-electron chi connectivity index (χ4n) is 2.82. The highest BCUT2D eigenvalue weighted by Crippen LogP contribution is 2.36. The van der Waals surface area contributed by atoms with Crippen LogP contribution < -0.4 is 0 Å². The summed E-state index contributed by atoms with van der Waals surface area (Å²) in [6.45, 7) is 2.09. The molecule has 5 atom stereocenters. The van der Waals surface area contributed by atoms with Crippen molar-refractivity contribution in [3.05, 3.63) is 12.2 Å². The molecule has 5 nitrogen and oxygen atoms in total. The number of aliphatic carboxylic acids is 1. The first-order valence-corrected chi connectivity index (χ1v) is 7.40. The van der Waals surface area contributed by atoms with Crippen LogP contribution in [0, 0.1) is 11.8 Å². The molecule has 4 N–H and O–H groups in total. The van der Waals surface area contributed by atoms with E-state index in [0.29, 0.717) is 6.42 Å². The summed E-state index contributed by atoms with van der Waals surface area (Å²) in [5, 5.41) is 38.3. The van der Waals surface area contributed by atoms with Gasteiger partial charge in [0, 0.05) is 18.3 Å². The topological polar surface area (TPSA) is 98.0 Å². The van der Waals surface area contributed by atoms with Gasteiger partial charge < -0.3 is 20.4 Å². The van der Waals surface area contributed by atoms with Gasteiger partial charge in [0.05, 0.1) is 24.7 Å². The van der Waals surface area contributed by atoms with Gasteiger partial charge >= 0.3 is 5.97 Å². The molecule has 0 bridgehead atoms. The molecule has 116 valence electrons. The highest BCUT2D eigenvalue weighted by molar-refractivity contribution is 5.67. The smallest absolute Gasteiger partial charge is 0.303 e. The molecule has 1 aliphatic carbocycles. The predicted molar refractivity (Wildman–Crippen MR) is 75.2 cm³/mol. The van der Waals surface area contributed by atoms with Crippen LogP contribution in [0.4, 0.5) is 0 Å². The number of rotatable bonds is 8. The molecule has 0 aromatic carbocycles. The number of aliphatic hydroxyl groups excluding tert-OH is 3. The molecule has 0 heterocycles. The van der Waals surface area contributed by atoms with Crippen molar-refractivity contribution >= 4 is 5.97 Å². The molecule has 1 aliphatic rings. The number of unbranched alkanes of at least 4 members (excludes halogenated alkanes) is 2. The molecule has 0 unspecified atom stereocenters. The highest BCUT2D eigenvalue weighted by Gasteiger charge is 2.41. The van der Waals surface area contributed by atoms with Gasteiger partial charge in [0.2, 0.25) is 0 Å². The summed E-state index contributed by atoms with van der Waals surface area (Å²) in [7, 11) is 0.